The summed E-state index contributed by atoms with van der Waals surface area (Å²) >= 11 is 2.89. The van der Waals surface area contributed by atoms with Crippen LogP contribution in [0.5, 0.6) is 0 Å². The number of rotatable bonds is 5. The minimum Gasteiger partial charge on any atom is -0.206 e. The monoisotopic (exact) mass is 299 g/mol. The van der Waals surface area contributed by atoms with E-state index in [0.29, 0.717) is 10.8 Å². The van der Waals surface area contributed by atoms with Crippen molar-refractivity contribution in [2.45, 2.75) is 29.6 Å². The lowest BCUT2D eigenvalue weighted by Crippen LogP contribution is -2.32. The van der Waals surface area contributed by atoms with E-state index in [-0.39, 0.29) is 6.04 Å². The zero-order chi connectivity index (χ0) is 12.6. The molecule has 0 amide bonds. The first kappa shape index (κ1) is 12.3. The molecule has 1 saturated carbocycles. The Morgan fingerprint density at radius 2 is 2.11 bits per heavy atom. The number of thiophene rings is 2. The average Bonchev–Trinajstić information content (AvgIpc) is 2.87. The van der Waals surface area contributed by atoms with Crippen LogP contribution >= 0.6 is 22.7 Å². The van der Waals surface area contributed by atoms with E-state index in [9.17, 15) is 8.42 Å². The third-order valence-electron chi connectivity index (χ3n) is 2.93. The summed E-state index contributed by atoms with van der Waals surface area (Å²) in [5, 5.41) is 5.81. The van der Waals surface area contributed by atoms with Gasteiger partial charge in [0.25, 0.3) is 10.0 Å². The van der Waals surface area contributed by atoms with Crippen LogP contribution in [0.15, 0.2) is 38.5 Å². The Labute approximate surface area is 115 Å². The molecule has 0 spiro atoms. The number of sulfonamides is 1. The fraction of sp³-hybridized carbons (Fsp3) is 0.333. The maximum atomic E-state index is 12.5. The largest absolute Gasteiger partial charge is 0.253 e. The molecule has 18 heavy (non-hydrogen) atoms. The predicted molar refractivity (Wildman–Crippen MR) is 74.4 cm³/mol. The first-order valence-electron chi connectivity index (χ1n) is 5.74. The van der Waals surface area contributed by atoms with E-state index in [1.54, 1.807) is 27.8 Å². The number of hydrogen-bond acceptors (Lipinski definition) is 4. The first-order chi connectivity index (χ1) is 8.68. The van der Waals surface area contributed by atoms with Gasteiger partial charge in [-0.15, -0.1) is 11.3 Å². The molecule has 1 fully saturated rings. The molecule has 2 aromatic heterocycles. The van der Waals surface area contributed by atoms with Gasteiger partial charge in [0.15, 0.2) is 0 Å². The summed E-state index contributed by atoms with van der Waals surface area (Å²) in [6, 6.07) is 5.65. The molecule has 6 heteroatoms. The van der Waals surface area contributed by atoms with Crippen molar-refractivity contribution in [3.05, 3.63) is 39.9 Å². The summed E-state index contributed by atoms with van der Waals surface area (Å²) in [5.41, 5.74) is 1.08. The second-order valence-corrected chi connectivity index (χ2v) is 8.19. The van der Waals surface area contributed by atoms with Crippen molar-refractivity contribution >= 4 is 32.7 Å². The molecule has 0 unspecified atom stereocenters. The molecule has 3 nitrogen and oxygen atoms in total. The van der Waals surface area contributed by atoms with E-state index in [4.69, 9.17) is 0 Å². The Kier molecular flexibility index (Phi) is 3.27. The molecule has 0 saturated heterocycles. The van der Waals surface area contributed by atoms with Crippen molar-refractivity contribution < 1.29 is 8.42 Å². The van der Waals surface area contributed by atoms with Crippen molar-refractivity contribution in [3.63, 3.8) is 0 Å². The predicted octanol–water partition coefficient (Wildman–Crippen LogP) is 3.16. The maximum Gasteiger partial charge on any atom is 0.253 e. The standard InChI is InChI=1S/C12H13NO2S3/c14-18(15,12-2-1-6-17-12)13(11-3-4-11)8-10-5-7-16-9-10/h1-2,5-7,9,11H,3-4,8H2. The molecule has 0 N–H and O–H groups in total. The summed E-state index contributed by atoms with van der Waals surface area (Å²) in [6.07, 6.45) is 1.96. The van der Waals surface area contributed by atoms with Gasteiger partial charge in [-0.3, -0.25) is 0 Å². The third kappa shape index (κ3) is 2.38. The Hall–Kier alpha value is -0.690. The second-order valence-electron chi connectivity index (χ2n) is 4.35. The van der Waals surface area contributed by atoms with E-state index >= 15 is 0 Å². The second kappa shape index (κ2) is 4.77. The molecule has 2 aromatic rings. The van der Waals surface area contributed by atoms with Crippen LogP contribution in [0.1, 0.15) is 18.4 Å². The molecular formula is C12H13NO2S3. The smallest absolute Gasteiger partial charge is 0.206 e. The Morgan fingerprint density at radius 1 is 1.28 bits per heavy atom. The van der Waals surface area contributed by atoms with E-state index in [0.717, 1.165) is 18.4 Å². The van der Waals surface area contributed by atoms with Gasteiger partial charge in [0.2, 0.25) is 0 Å². The van der Waals surface area contributed by atoms with Crippen LogP contribution in [0.25, 0.3) is 0 Å². The van der Waals surface area contributed by atoms with Crippen LogP contribution in [0.3, 0.4) is 0 Å². The van der Waals surface area contributed by atoms with E-state index in [2.05, 4.69) is 0 Å². The number of hydrogen-bond donors (Lipinski definition) is 0. The van der Waals surface area contributed by atoms with Crippen molar-refractivity contribution in [1.29, 1.82) is 0 Å². The summed E-state index contributed by atoms with van der Waals surface area (Å²) in [7, 11) is -3.31. The van der Waals surface area contributed by atoms with Crippen LogP contribution in [0.2, 0.25) is 0 Å². The first-order valence-corrected chi connectivity index (χ1v) is 9.00. The van der Waals surface area contributed by atoms with Crippen LogP contribution in [-0.4, -0.2) is 18.8 Å². The molecule has 0 bridgehead atoms. The van der Waals surface area contributed by atoms with Gasteiger partial charge in [-0.2, -0.15) is 15.6 Å². The molecule has 2 heterocycles. The third-order valence-corrected chi connectivity index (χ3v) is 6.93. The summed E-state index contributed by atoms with van der Waals surface area (Å²) in [4.78, 5) is 0. The summed E-state index contributed by atoms with van der Waals surface area (Å²) in [6.45, 7) is 0.494. The zero-order valence-electron chi connectivity index (χ0n) is 9.65. The van der Waals surface area contributed by atoms with Gasteiger partial charge < -0.3 is 0 Å². The lowest BCUT2D eigenvalue weighted by Gasteiger charge is -2.20. The normalized spacial score (nSPS) is 16.3. The Balaban J connectivity index is 1.90. The highest BCUT2D eigenvalue weighted by Gasteiger charge is 2.38. The lowest BCUT2D eigenvalue weighted by molar-refractivity contribution is 0.400. The van der Waals surface area contributed by atoms with Crippen LogP contribution in [-0.2, 0) is 16.6 Å². The molecule has 1 aliphatic rings. The highest BCUT2D eigenvalue weighted by Crippen LogP contribution is 2.34. The van der Waals surface area contributed by atoms with Crippen molar-refractivity contribution in [2.75, 3.05) is 0 Å². The maximum absolute atomic E-state index is 12.5. The molecule has 3 rings (SSSR count). The average molecular weight is 299 g/mol. The van der Waals surface area contributed by atoms with Gasteiger partial charge in [0.1, 0.15) is 4.21 Å². The van der Waals surface area contributed by atoms with Gasteiger partial charge in [0.05, 0.1) is 0 Å². The highest BCUT2D eigenvalue weighted by atomic mass is 32.2. The van der Waals surface area contributed by atoms with Crippen molar-refractivity contribution in [2.24, 2.45) is 0 Å². The van der Waals surface area contributed by atoms with Gasteiger partial charge in [0, 0.05) is 12.6 Å². The minimum atomic E-state index is -3.31. The topological polar surface area (TPSA) is 37.4 Å². The molecule has 0 aliphatic heterocycles. The van der Waals surface area contributed by atoms with Crippen LogP contribution in [0.4, 0.5) is 0 Å². The number of nitrogens with zero attached hydrogens (tertiary/aromatic N) is 1. The highest BCUT2D eigenvalue weighted by molar-refractivity contribution is 7.91. The fourth-order valence-corrected chi connectivity index (χ4v) is 5.31. The molecular weight excluding hydrogens is 286 g/mol. The van der Waals surface area contributed by atoms with Gasteiger partial charge >= 0.3 is 0 Å². The quantitative estimate of drug-likeness (QED) is 0.850. The molecule has 1 aliphatic carbocycles. The Morgan fingerprint density at radius 3 is 2.67 bits per heavy atom. The summed E-state index contributed by atoms with van der Waals surface area (Å²) in [5.74, 6) is 0. The minimum absolute atomic E-state index is 0.192. The lowest BCUT2D eigenvalue weighted by atomic mass is 10.3. The summed E-state index contributed by atoms with van der Waals surface area (Å²) < 4.78 is 27.2. The van der Waals surface area contributed by atoms with Crippen LogP contribution in [0, 0.1) is 0 Å². The molecule has 96 valence electrons. The van der Waals surface area contributed by atoms with Gasteiger partial charge in [-0.25, -0.2) is 8.42 Å². The van der Waals surface area contributed by atoms with Gasteiger partial charge in [-0.05, 0) is 46.7 Å². The van der Waals surface area contributed by atoms with E-state index in [1.165, 1.54) is 11.3 Å². The van der Waals surface area contributed by atoms with Crippen molar-refractivity contribution in [3.8, 4) is 0 Å². The molecule has 0 aromatic carbocycles. The SMILES string of the molecule is O=S(=O)(c1cccs1)N(Cc1ccsc1)C1CC1. The van der Waals surface area contributed by atoms with E-state index in [1.807, 2.05) is 22.2 Å². The molecule has 0 atom stereocenters. The van der Waals surface area contributed by atoms with Crippen LogP contribution < -0.4 is 0 Å². The fourth-order valence-electron chi connectivity index (χ4n) is 1.86. The zero-order valence-corrected chi connectivity index (χ0v) is 12.1. The van der Waals surface area contributed by atoms with Crippen molar-refractivity contribution in [1.82, 2.24) is 4.31 Å². The Bertz CT molecular complexity index is 598. The van der Waals surface area contributed by atoms with E-state index < -0.39 is 10.0 Å². The molecule has 0 radical (unpaired) electrons. The van der Waals surface area contributed by atoms with Gasteiger partial charge in [-0.1, -0.05) is 6.07 Å².